The van der Waals surface area contributed by atoms with Gasteiger partial charge in [-0.3, -0.25) is 19.2 Å². The second kappa shape index (κ2) is 11.7. The van der Waals surface area contributed by atoms with Gasteiger partial charge >= 0.3 is 5.97 Å². The maximum absolute atomic E-state index is 12.8. The number of methoxy groups -OCH3 is 1. The number of rotatable bonds is 10. The van der Waals surface area contributed by atoms with Crippen LogP contribution in [0, 0.1) is 0 Å². The van der Waals surface area contributed by atoms with Crippen LogP contribution < -0.4 is 21.1 Å². The van der Waals surface area contributed by atoms with Gasteiger partial charge in [-0.25, -0.2) is 0 Å². The van der Waals surface area contributed by atoms with Crippen molar-refractivity contribution in [3.8, 4) is 5.75 Å². The Kier molecular flexibility index (Phi) is 9.26. The third kappa shape index (κ3) is 6.94. The first-order chi connectivity index (χ1) is 15.6. The molecule has 1 aromatic carbocycles. The number of hydrogen-bond donors (Lipinski definition) is 6. The Morgan fingerprint density at radius 2 is 1.94 bits per heavy atom. The average Bonchev–Trinajstić information content (AvgIpc) is 2.78. The van der Waals surface area contributed by atoms with Gasteiger partial charge in [-0.1, -0.05) is 6.08 Å². The second-order valence-corrected chi connectivity index (χ2v) is 8.26. The van der Waals surface area contributed by atoms with Crippen LogP contribution in [0.3, 0.4) is 0 Å². The number of aliphatic hydroxyl groups is 2. The van der Waals surface area contributed by atoms with E-state index < -0.39 is 48.0 Å². The predicted octanol–water partition coefficient (Wildman–Crippen LogP) is -0.598. The van der Waals surface area contributed by atoms with Crippen molar-refractivity contribution in [2.75, 3.05) is 13.4 Å². The molecule has 1 aromatic rings. The second-order valence-electron chi connectivity index (χ2n) is 7.38. The van der Waals surface area contributed by atoms with Crippen LogP contribution in [0.15, 0.2) is 34.7 Å². The van der Waals surface area contributed by atoms with Gasteiger partial charge in [-0.2, -0.15) is 0 Å². The van der Waals surface area contributed by atoms with Crippen molar-refractivity contribution < 1.29 is 39.2 Å². The lowest BCUT2D eigenvalue weighted by atomic mass is 9.89. The topological polar surface area (TPSA) is 188 Å². The molecule has 3 amide bonds. The highest BCUT2D eigenvalue weighted by Gasteiger charge is 2.35. The van der Waals surface area contributed by atoms with Crippen molar-refractivity contribution in [2.45, 2.75) is 48.4 Å². The summed E-state index contributed by atoms with van der Waals surface area (Å²) in [6, 6.07) is 2.62. The van der Waals surface area contributed by atoms with Gasteiger partial charge in [0, 0.05) is 23.3 Å². The molecule has 1 aliphatic rings. The Hall–Kier alpha value is -3.09. The monoisotopic (exact) mass is 481 g/mol. The predicted molar refractivity (Wildman–Crippen MR) is 119 cm³/mol. The van der Waals surface area contributed by atoms with Gasteiger partial charge in [0.25, 0.3) is 5.91 Å². The van der Waals surface area contributed by atoms with Crippen LogP contribution in [-0.4, -0.2) is 76.7 Å². The lowest BCUT2D eigenvalue weighted by Gasteiger charge is -2.31. The van der Waals surface area contributed by atoms with Gasteiger partial charge in [0.1, 0.15) is 17.9 Å². The minimum absolute atomic E-state index is 0.00405. The molecule has 12 heteroatoms. The molecule has 11 nitrogen and oxygen atoms in total. The summed E-state index contributed by atoms with van der Waals surface area (Å²) in [7, 11) is 1.41. The number of benzene rings is 1. The molecule has 7 N–H and O–H groups in total. The SMILES string of the molecule is COc1cc(SC)ccc1C(=O)NC1C=C(C(=O)NC(CCC(=O)O)C(N)=O)CC(O)C1O. The molecule has 0 spiro atoms. The zero-order chi connectivity index (χ0) is 24.7. The van der Waals surface area contributed by atoms with Crippen LogP contribution in [-0.2, 0) is 14.4 Å². The number of thioether (sulfide) groups is 1. The molecule has 4 unspecified atom stereocenters. The van der Waals surface area contributed by atoms with Crippen molar-refractivity contribution in [3.05, 3.63) is 35.4 Å². The van der Waals surface area contributed by atoms with Crippen LogP contribution >= 0.6 is 11.8 Å². The molecule has 0 aromatic heterocycles. The zero-order valence-electron chi connectivity index (χ0n) is 18.1. The van der Waals surface area contributed by atoms with Crippen molar-refractivity contribution in [3.63, 3.8) is 0 Å². The number of primary amides is 1. The van der Waals surface area contributed by atoms with E-state index in [-0.39, 0.29) is 30.4 Å². The van der Waals surface area contributed by atoms with Crippen LogP contribution in [0.1, 0.15) is 29.6 Å². The molecular formula is C21H27N3O8S. The molecule has 4 atom stereocenters. The summed E-state index contributed by atoms with van der Waals surface area (Å²) in [6.07, 6.45) is -0.437. The van der Waals surface area contributed by atoms with E-state index in [1.54, 1.807) is 18.2 Å². The third-order valence-electron chi connectivity index (χ3n) is 5.11. The Labute approximate surface area is 194 Å². The Morgan fingerprint density at radius 3 is 2.52 bits per heavy atom. The van der Waals surface area contributed by atoms with Gasteiger partial charge < -0.3 is 36.4 Å². The summed E-state index contributed by atoms with van der Waals surface area (Å²) in [6.45, 7) is 0. The summed E-state index contributed by atoms with van der Waals surface area (Å²) >= 11 is 1.47. The quantitative estimate of drug-likeness (QED) is 0.237. The number of aliphatic carboxylic acids is 1. The van der Waals surface area contributed by atoms with E-state index in [2.05, 4.69) is 10.6 Å². The number of carboxylic acids is 1. The van der Waals surface area contributed by atoms with Crippen molar-refractivity contribution in [2.24, 2.45) is 5.73 Å². The van der Waals surface area contributed by atoms with Crippen molar-refractivity contribution >= 4 is 35.5 Å². The molecule has 0 aliphatic heterocycles. The number of nitrogens with one attached hydrogen (secondary N) is 2. The van der Waals surface area contributed by atoms with Crippen LogP contribution in [0.2, 0.25) is 0 Å². The average molecular weight is 482 g/mol. The van der Waals surface area contributed by atoms with Crippen LogP contribution in [0.4, 0.5) is 0 Å². The van der Waals surface area contributed by atoms with Gasteiger partial charge in [0.2, 0.25) is 11.8 Å². The number of carbonyl (C=O) groups is 4. The van der Waals surface area contributed by atoms with E-state index in [1.807, 2.05) is 6.26 Å². The minimum Gasteiger partial charge on any atom is -0.496 e. The highest BCUT2D eigenvalue weighted by Crippen LogP contribution is 2.26. The largest absolute Gasteiger partial charge is 0.496 e. The molecule has 0 saturated carbocycles. The molecule has 0 radical (unpaired) electrons. The Bertz CT molecular complexity index is 951. The van der Waals surface area contributed by atoms with Crippen LogP contribution in [0.5, 0.6) is 5.75 Å². The highest BCUT2D eigenvalue weighted by atomic mass is 32.2. The number of carboxylic acid groups (broad SMARTS) is 1. The molecule has 0 heterocycles. The number of aliphatic hydroxyl groups excluding tert-OH is 2. The van der Waals surface area contributed by atoms with E-state index in [0.29, 0.717) is 5.75 Å². The van der Waals surface area contributed by atoms with Crippen molar-refractivity contribution in [1.82, 2.24) is 10.6 Å². The van der Waals surface area contributed by atoms with E-state index in [4.69, 9.17) is 15.6 Å². The van der Waals surface area contributed by atoms with E-state index in [1.165, 1.54) is 24.9 Å². The van der Waals surface area contributed by atoms with Gasteiger partial charge in [0.05, 0.1) is 24.8 Å². The first kappa shape index (κ1) is 26.2. The summed E-state index contributed by atoms with van der Waals surface area (Å²) < 4.78 is 5.26. The fourth-order valence-corrected chi connectivity index (χ4v) is 3.71. The number of amides is 3. The number of nitrogens with two attached hydrogens (primary N) is 1. The molecule has 0 fully saturated rings. The fourth-order valence-electron chi connectivity index (χ4n) is 3.28. The summed E-state index contributed by atoms with van der Waals surface area (Å²) in [5.41, 5.74) is 5.43. The van der Waals surface area contributed by atoms with E-state index in [0.717, 1.165) is 4.90 Å². The summed E-state index contributed by atoms with van der Waals surface area (Å²) in [5, 5.41) is 34.3. The highest BCUT2D eigenvalue weighted by molar-refractivity contribution is 7.98. The van der Waals surface area contributed by atoms with E-state index >= 15 is 0 Å². The first-order valence-electron chi connectivity index (χ1n) is 9.99. The number of ether oxygens (including phenoxy) is 1. The Balaban J connectivity index is 2.20. The molecule has 33 heavy (non-hydrogen) atoms. The molecular weight excluding hydrogens is 454 g/mol. The van der Waals surface area contributed by atoms with Gasteiger partial charge in [-0.05, 0) is 30.9 Å². The maximum atomic E-state index is 12.8. The van der Waals surface area contributed by atoms with Gasteiger partial charge in [-0.15, -0.1) is 11.8 Å². The normalized spacial score (nSPS) is 20.8. The van der Waals surface area contributed by atoms with Gasteiger partial charge in [0.15, 0.2) is 0 Å². The number of carbonyl (C=O) groups excluding carboxylic acids is 3. The summed E-state index contributed by atoms with van der Waals surface area (Å²) in [4.78, 5) is 48.6. The Morgan fingerprint density at radius 1 is 1.24 bits per heavy atom. The molecule has 0 bridgehead atoms. The maximum Gasteiger partial charge on any atom is 0.303 e. The lowest BCUT2D eigenvalue weighted by molar-refractivity contribution is -0.137. The molecule has 2 rings (SSSR count). The van der Waals surface area contributed by atoms with E-state index in [9.17, 15) is 29.4 Å². The first-order valence-corrected chi connectivity index (χ1v) is 11.2. The van der Waals surface area contributed by atoms with Crippen molar-refractivity contribution in [1.29, 1.82) is 0 Å². The fraction of sp³-hybridized carbons (Fsp3) is 0.429. The molecule has 1 aliphatic carbocycles. The molecule has 0 saturated heterocycles. The summed E-state index contributed by atoms with van der Waals surface area (Å²) in [5.74, 6) is -3.11. The number of hydrogen-bond acceptors (Lipinski definition) is 8. The smallest absolute Gasteiger partial charge is 0.303 e. The lowest BCUT2D eigenvalue weighted by Crippen LogP contribution is -2.52. The zero-order valence-corrected chi connectivity index (χ0v) is 18.9. The third-order valence-corrected chi connectivity index (χ3v) is 5.84. The standard InChI is InChI=1S/C21H27N3O8S/c1-32-16-9-11(33-2)3-4-12(16)21(31)24-14-7-10(8-15(25)18(14)28)20(30)23-13(19(22)29)5-6-17(26)27/h3-4,7,9,13-15,18,25,28H,5-6,8H2,1-2H3,(H2,22,29)(H,23,30)(H,24,31)(H,26,27). The minimum atomic E-state index is -1.39. The van der Waals surface area contributed by atoms with Crippen LogP contribution in [0.25, 0.3) is 0 Å². The molecule has 180 valence electrons.